The fourth-order valence-electron chi connectivity index (χ4n) is 2.29. The second-order valence-corrected chi connectivity index (χ2v) is 5.24. The lowest BCUT2D eigenvalue weighted by Gasteiger charge is -2.22. The Labute approximate surface area is 123 Å². The summed E-state index contributed by atoms with van der Waals surface area (Å²) < 4.78 is 0. The van der Waals surface area contributed by atoms with E-state index >= 15 is 0 Å². The van der Waals surface area contributed by atoms with E-state index in [1.807, 2.05) is 19.9 Å². The third-order valence-electron chi connectivity index (χ3n) is 3.84. The van der Waals surface area contributed by atoms with Crippen LogP contribution in [0.25, 0.3) is 10.9 Å². The summed E-state index contributed by atoms with van der Waals surface area (Å²) in [6, 6.07) is 8.14. The molecule has 0 saturated carbocycles. The normalized spacial score (nSPS) is 13.9. The smallest absolute Gasteiger partial charge is 0.252 e. The van der Waals surface area contributed by atoms with Crippen LogP contribution in [0.2, 0.25) is 0 Å². The average molecular weight is 288 g/mol. The number of nitrogens with one attached hydrogen (secondary N) is 2. The summed E-state index contributed by atoms with van der Waals surface area (Å²) in [7, 11) is 0. The van der Waals surface area contributed by atoms with E-state index in [4.69, 9.17) is 0 Å². The third-order valence-corrected chi connectivity index (χ3v) is 3.84. The summed E-state index contributed by atoms with van der Waals surface area (Å²) in [4.78, 5) is 26.8. The van der Waals surface area contributed by atoms with Crippen LogP contribution >= 0.6 is 0 Å². The number of hydrogen-bond donors (Lipinski definition) is 3. The Morgan fingerprint density at radius 3 is 2.76 bits per heavy atom. The topological polar surface area (TPSA) is 82.2 Å². The van der Waals surface area contributed by atoms with Crippen molar-refractivity contribution in [2.24, 2.45) is 5.92 Å². The fraction of sp³-hybridized carbons (Fsp3) is 0.375. The van der Waals surface area contributed by atoms with Gasteiger partial charge in [-0.3, -0.25) is 9.59 Å². The molecule has 5 heteroatoms. The number of H-pyrrole nitrogens is 1. The number of rotatable bonds is 5. The number of aromatic amines is 1. The SMILES string of the molecule is CC[C@H](C)[C@H](CO)NC(=O)c1cc(=O)[nH]c2ccccc12. The van der Waals surface area contributed by atoms with Crippen LogP contribution in [0, 0.1) is 5.92 Å². The van der Waals surface area contributed by atoms with Crippen LogP contribution in [0.1, 0.15) is 30.6 Å². The molecule has 2 aromatic rings. The molecule has 0 aliphatic carbocycles. The largest absolute Gasteiger partial charge is 0.394 e. The molecule has 0 saturated heterocycles. The van der Waals surface area contributed by atoms with Crippen molar-refractivity contribution in [1.29, 1.82) is 0 Å². The van der Waals surface area contributed by atoms with Crippen LogP contribution in [0.4, 0.5) is 0 Å². The van der Waals surface area contributed by atoms with Gasteiger partial charge in [0.25, 0.3) is 5.91 Å². The van der Waals surface area contributed by atoms with Crippen molar-refractivity contribution in [2.75, 3.05) is 6.61 Å². The molecule has 21 heavy (non-hydrogen) atoms. The summed E-state index contributed by atoms with van der Waals surface area (Å²) in [5.74, 6) is -0.177. The first-order chi connectivity index (χ1) is 10.1. The lowest BCUT2D eigenvalue weighted by Crippen LogP contribution is -2.42. The highest BCUT2D eigenvalue weighted by atomic mass is 16.3. The monoisotopic (exact) mass is 288 g/mol. The van der Waals surface area contributed by atoms with Gasteiger partial charge in [-0.15, -0.1) is 0 Å². The van der Waals surface area contributed by atoms with Crippen molar-refractivity contribution in [3.63, 3.8) is 0 Å². The number of carbonyl (C=O) groups excluding carboxylic acids is 1. The molecule has 1 amide bonds. The van der Waals surface area contributed by atoms with Gasteiger partial charge in [0, 0.05) is 17.0 Å². The van der Waals surface area contributed by atoms with Crippen LogP contribution < -0.4 is 10.9 Å². The van der Waals surface area contributed by atoms with Crippen molar-refractivity contribution in [1.82, 2.24) is 10.3 Å². The van der Waals surface area contributed by atoms with Crippen molar-refractivity contribution in [2.45, 2.75) is 26.3 Å². The van der Waals surface area contributed by atoms with Gasteiger partial charge in [-0.05, 0) is 12.0 Å². The number of para-hydroxylation sites is 1. The van der Waals surface area contributed by atoms with Gasteiger partial charge in [0.1, 0.15) is 0 Å². The van der Waals surface area contributed by atoms with E-state index < -0.39 is 0 Å². The third kappa shape index (κ3) is 3.31. The molecule has 2 atom stereocenters. The van der Waals surface area contributed by atoms with E-state index in [2.05, 4.69) is 10.3 Å². The van der Waals surface area contributed by atoms with Gasteiger partial charge in [0.2, 0.25) is 5.56 Å². The predicted molar refractivity (Wildman–Crippen MR) is 82.4 cm³/mol. The van der Waals surface area contributed by atoms with Gasteiger partial charge in [-0.2, -0.15) is 0 Å². The Bertz CT molecular complexity index is 693. The van der Waals surface area contributed by atoms with Crippen LogP contribution in [0.5, 0.6) is 0 Å². The maximum atomic E-state index is 12.4. The molecule has 0 unspecified atom stereocenters. The predicted octanol–water partition coefficient (Wildman–Crippen LogP) is 1.66. The molecule has 5 nitrogen and oxygen atoms in total. The minimum absolute atomic E-state index is 0.123. The molecule has 2 rings (SSSR count). The Balaban J connectivity index is 2.37. The summed E-state index contributed by atoms with van der Waals surface area (Å²) in [6.45, 7) is 3.85. The number of carbonyl (C=O) groups is 1. The Morgan fingerprint density at radius 1 is 1.38 bits per heavy atom. The Morgan fingerprint density at radius 2 is 2.10 bits per heavy atom. The number of aromatic nitrogens is 1. The molecule has 3 N–H and O–H groups in total. The molecular weight excluding hydrogens is 268 g/mol. The van der Waals surface area contributed by atoms with Gasteiger partial charge >= 0.3 is 0 Å². The zero-order valence-electron chi connectivity index (χ0n) is 12.2. The maximum Gasteiger partial charge on any atom is 0.252 e. The van der Waals surface area contributed by atoms with Crippen molar-refractivity contribution < 1.29 is 9.90 Å². The van der Waals surface area contributed by atoms with E-state index in [1.165, 1.54) is 6.07 Å². The van der Waals surface area contributed by atoms with E-state index in [0.717, 1.165) is 6.42 Å². The second-order valence-electron chi connectivity index (χ2n) is 5.24. The van der Waals surface area contributed by atoms with Crippen LogP contribution in [0.3, 0.4) is 0 Å². The number of hydrogen-bond acceptors (Lipinski definition) is 3. The lowest BCUT2D eigenvalue weighted by molar-refractivity contribution is 0.0893. The van der Waals surface area contributed by atoms with Crippen molar-refractivity contribution >= 4 is 16.8 Å². The van der Waals surface area contributed by atoms with Gasteiger partial charge in [0.05, 0.1) is 18.2 Å². The van der Waals surface area contributed by atoms with Gasteiger partial charge in [-0.25, -0.2) is 0 Å². The van der Waals surface area contributed by atoms with Gasteiger partial charge in [0.15, 0.2) is 0 Å². The highest BCUT2D eigenvalue weighted by molar-refractivity contribution is 6.06. The second kappa shape index (κ2) is 6.54. The number of aliphatic hydroxyl groups excluding tert-OH is 1. The molecule has 1 aromatic carbocycles. The van der Waals surface area contributed by atoms with E-state index in [-0.39, 0.29) is 30.0 Å². The summed E-state index contributed by atoms with van der Waals surface area (Å²) in [6.07, 6.45) is 0.849. The zero-order chi connectivity index (χ0) is 15.4. The molecular formula is C16H20N2O3. The van der Waals surface area contributed by atoms with Crippen LogP contribution in [-0.4, -0.2) is 28.6 Å². The molecule has 0 fully saturated rings. The minimum atomic E-state index is -0.336. The Hall–Kier alpha value is -2.14. The number of fused-ring (bicyclic) bond motifs is 1. The first kappa shape index (κ1) is 15.3. The van der Waals surface area contributed by atoms with Crippen LogP contribution in [0.15, 0.2) is 35.1 Å². The lowest BCUT2D eigenvalue weighted by atomic mass is 9.99. The van der Waals surface area contributed by atoms with Crippen molar-refractivity contribution in [3.8, 4) is 0 Å². The average Bonchev–Trinajstić information content (AvgIpc) is 2.50. The van der Waals surface area contributed by atoms with Gasteiger partial charge in [-0.1, -0.05) is 38.5 Å². The number of benzene rings is 1. The standard InChI is InChI=1S/C16H20N2O3/c1-3-10(2)14(9-19)18-16(21)12-8-15(20)17-13-7-5-4-6-11(12)13/h4-8,10,14,19H,3,9H2,1-2H3,(H,17,20)(H,18,21)/t10-,14-/m0/s1. The molecule has 0 aliphatic heterocycles. The zero-order valence-corrected chi connectivity index (χ0v) is 12.2. The molecule has 1 heterocycles. The molecule has 112 valence electrons. The maximum absolute atomic E-state index is 12.4. The first-order valence-corrected chi connectivity index (χ1v) is 7.10. The molecule has 1 aromatic heterocycles. The number of pyridine rings is 1. The first-order valence-electron chi connectivity index (χ1n) is 7.10. The highest BCUT2D eigenvalue weighted by Crippen LogP contribution is 2.15. The number of aliphatic hydroxyl groups is 1. The highest BCUT2D eigenvalue weighted by Gasteiger charge is 2.19. The molecule has 0 bridgehead atoms. The summed E-state index contributed by atoms with van der Waals surface area (Å²) in [5.41, 5.74) is 0.637. The van der Waals surface area contributed by atoms with Crippen LogP contribution in [-0.2, 0) is 0 Å². The Kier molecular flexibility index (Phi) is 4.75. The van der Waals surface area contributed by atoms with Gasteiger partial charge < -0.3 is 15.4 Å². The van der Waals surface area contributed by atoms with E-state index in [0.29, 0.717) is 16.5 Å². The molecule has 0 aliphatic rings. The summed E-state index contributed by atoms with van der Waals surface area (Å²) in [5, 5.41) is 12.9. The fourth-order valence-corrected chi connectivity index (χ4v) is 2.29. The minimum Gasteiger partial charge on any atom is -0.394 e. The van der Waals surface area contributed by atoms with E-state index in [1.54, 1.807) is 18.2 Å². The van der Waals surface area contributed by atoms with E-state index in [9.17, 15) is 14.7 Å². The molecule has 0 spiro atoms. The number of amides is 1. The molecule has 0 radical (unpaired) electrons. The van der Waals surface area contributed by atoms with Crippen molar-refractivity contribution in [3.05, 3.63) is 46.2 Å². The quantitative estimate of drug-likeness (QED) is 0.782. The summed E-state index contributed by atoms with van der Waals surface area (Å²) >= 11 is 0.